The summed E-state index contributed by atoms with van der Waals surface area (Å²) in [6.45, 7) is 2.05. The molecule has 0 aliphatic carbocycles. The van der Waals surface area contributed by atoms with E-state index in [0.29, 0.717) is 11.4 Å². The van der Waals surface area contributed by atoms with E-state index >= 15 is 0 Å². The van der Waals surface area contributed by atoms with Crippen molar-refractivity contribution in [2.75, 3.05) is 5.32 Å². The lowest BCUT2D eigenvalue weighted by Gasteiger charge is -2.12. The lowest BCUT2D eigenvalue weighted by molar-refractivity contribution is 0.626. The molecular formula is C15H15F2N. The SMILES string of the molecule is CCCc1ccc(F)cc1Nc1ccccc1F. The number of para-hydroxylation sites is 1. The minimum absolute atomic E-state index is 0.325. The molecule has 0 spiro atoms. The summed E-state index contributed by atoms with van der Waals surface area (Å²) in [5, 5.41) is 2.95. The Bertz CT molecular complexity index is 538. The van der Waals surface area contributed by atoms with E-state index in [1.54, 1.807) is 24.3 Å². The summed E-state index contributed by atoms with van der Waals surface area (Å²) in [7, 11) is 0. The smallest absolute Gasteiger partial charge is 0.146 e. The van der Waals surface area contributed by atoms with Gasteiger partial charge in [-0.1, -0.05) is 31.5 Å². The van der Waals surface area contributed by atoms with Crippen LogP contribution in [0.25, 0.3) is 0 Å². The van der Waals surface area contributed by atoms with Crippen LogP contribution in [-0.2, 0) is 6.42 Å². The molecular weight excluding hydrogens is 232 g/mol. The van der Waals surface area contributed by atoms with Gasteiger partial charge in [0.25, 0.3) is 0 Å². The molecule has 0 bridgehead atoms. The fourth-order valence-corrected chi connectivity index (χ4v) is 1.86. The van der Waals surface area contributed by atoms with Gasteiger partial charge in [-0.3, -0.25) is 0 Å². The van der Waals surface area contributed by atoms with E-state index in [4.69, 9.17) is 0 Å². The van der Waals surface area contributed by atoms with Crippen LogP contribution in [0.5, 0.6) is 0 Å². The normalized spacial score (nSPS) is 10.4. The molecule has 0 radical (unpaired) electrons. The molecule has 0 amide bonds. The second-order valence-electron chi connectivity index (χ2n) is 4.16. The third kappa shape index (κ3) is 2.86. The largest absolute Gasteiger partial charge is 0.353 e. The molecule has 2 aromatic rings. The molecule has 3 heteroatoms. The quantitative estimate of drug-likeness (QED) is 0.828. The Morgan fingerprint density at radius 1 is 1.00 bits per heavy atom. The highest BCUT2D eigenvalue weighted by Gasteiger charge is 2.06. The zero-order chi connectivity index (χ0) is 13.0. The van der Waals surface area contributed by atoms with Gasteiger partial charge in [0.1, 0.15) is 11.6 Å². The van der Waals surface area contributed by atoms with Crippen LogP contribution in [0.15, 0.2) is 42.5 Å². The summed E-state index contributed by atoms with van der Waals surface area (Å²) in [6, 6.07) is 10.9. The number of hydrogen-bond acceptors (Lipinski definition) is 1. The van der Waals surface area contributed by atoms with Crippen LogP contribution < -0.4 is 5.32 Å². The predicted molar refractivity (Wildman–Crippen MR) is 70.1 cm³/mol. The van der Waals surface area contributed by atoms with Crippen LogP contribution in [0, 0.1) is 11.6 Å². The minimum atomic E-state index is -0.343. The fourth-order valence-electron chi connectivity index (χ4n) is 1.86. The molecule has 0 atom stereocenters. The number of hydrogen-bond donors (Lipinski definition) is 1. The van der Waals surface area contributed by atoms with Crippen molar-refractivity contribution in [3.05, 3.63) is 59.7 Å². The van der Waals surface area contributed by atoms with Crippen molar-refractivity contribution in [3.8, 4) is 0 Å². The van der Waals surface area contributed by atoms with E-state index in [-0.39, 0.29) is 11.6 Å². The van der Waals surface area contributed by atoms with Crippen LogP contribution >= 0.6 is 0 Å². The van der Waals surface area contributed by atoms with Crippen LogP contribution in [0.2, 0.25) is 0 Å². The number of benzene rings is 2. The van der Waals surface area contributed by atoms with Gasteiger partial charge in [0.05, 0.1) is 5.69 Å². The number of nitrogens with one attached hydrogen (secondary N) is 1. The maximum absolute atomic E-state index is 13.5. The van der Waals surface area contributed by atoms with E-state index in [9.17, 15) is 8.78 Å². The van der Waals surface area contributed by atoms with Crippen molar-refractivity contribution in [2.45, 2.75) is 19.8 Å². The number of aryl methyl sites for hydroxylation is 1. The molecule has 0 unspecified atom stereocenters. The van der Waals surface area contributed by atoms with Crippen LogP contribution in [-0.4, -0.2) is 0 Å². The second-order valence-corrected chi connectivity index (χ2v) is 4.16. The topological polar surface area (TPSA) is 12.0 Å². The molecule has 0 saturated carbocycles. The van der Waals surface area contributed by atoms with Crippen molar-refractivity contribution < 1.29 is 8.78 Å². The van der Waals surface area contributed by atoms with Crippen molar-refractivity contribution in [3.63, 3.8) is 0 Å². The van der Waals surface area contributed by atoms with Gasteiger partial charge in [-0.05, 0) is 36.2 Å². The van der Waals surface area contributed by atoms with E-state index in [1.165, 1.54) is 18.2 Å². The van der Waals surface area contributed by atoms with Gasteiger partial charge >= 0.3 is 0 Å². The Kier molecular flexibility index (Phi) is 3.92. The van der Waals surface area contributed by atoms with Gasteiger partial charge in [-0.25, -0.2) is 8.78 Å². The standard InChI is InChI=1S/C15H15F2N/c1-2-5-11-8-9-12(16)10-15(11)18-14-7-4-3-6-13(14)17/h3-4,6-10,18H,2,5H2,1H3. The first-order chi connectivity index (χ1) is 8.70. The molecule has 0 fully saturated rings. The molecule has 2 rings (SSSR count). The molecule has 2 aromatic carbocycles. The molecule has 0 heterocycles. The zero-order valence-corrected chi connectivity index (χ0v) is 10.2. The highest BCUT2D eigenvalue weighted by atomic mass is 19.1. The molecule has 94 valence electrons. The van der Waals surface area contributed by atoms with Crippen molar-refractivity contribution in [1.29, 1.82) is 0 Å². The summed E-state index contributed by atoms with van der Waals surface area (Å²) in [5.74, 6) is -0.669. The van der Waals surface area contributed by atoms with Gasteiger partial charge in [0, 0.05) is 5.69 Å². The molecule has 18 heavy (non-hydrogen) atoms. The summed E-state index contributed by atoms with van der Waals surface area (Å²) >= 11 is 0. The summed E-state index contributed by atoms with van der Waals surface area (Å²) in [5.41, 5.74) is 1.98. The van der Waals surface area contributed by atoms with Crippen LogP contribution in [0.3, 0.4) is 0 Å². The van der Waals surface area contributed by atoms with Crippen molar-refractivity contribution in [2.24, 2.45) is 0 Å². The van der Waals surface area contributed by atoms with Gasteiger partial charge in [-0.15, -0.1) is 0 Å². The predicted octanol–water partition coefficient (Wildman–Crippen LogP) is 4.66. The monoisotopic (exact) mass is 247 g/mol. The van der Waals surface area contributed by atoms with E-state index in [1.807, 2.05) is 0 Å². The molecule has 0 aliphatic heterocycles. The second kappa shape index (κ2) is 5.63. The average Bonchev–Trinajstić information content (AvgIpc) is 2.36. The molecule has 0 aromatic heterocycles. The van der Waals surface area contributed by atoms with Gasteiger partial charge in [0.15, 0.2) is 0 Å². The third-order valence-electron chi connectivity index (χ3n) is 2.73. The molecule has 1 N–H and O–H groups in total. The third-order valence-corrected chi connectivity index (χ3v) is 2.73. The molecule has 1 nitrogen and oxygen atoms in total. The minimum Gasteiger partial charge on any atom is -0.353 e. The van der Waals surface area contributed by atoms with Gasteiger partial charge in [-0.2, -0.15) is 0 Å². The Hall–Kier alpha value is -1.90. The number of halogens is 2. The summed E-state index contributed by atoms with van der Waals surface area (Å²) in [4.78, 5) is 0. The maximum atomic E-state index is 13.5. The summed E-state index contributed by atoms with van der Waals surface area (Å²) in [6.07, 6.45) is 1.79. The first kappa shape index (κ1) is 12.6. The first-order valence-electron chi connectivity index (χ1n) is 6.00. The lowest BCUT2D eigenvalue weighted by atomic mass is 10.1. The summed E-state index contributed by atoms with van der Waals surface area (Å²) < 4.78 is 26.8. The highest BCUT2D eigenvalue weighted by molar-refractivity contribution is 5.63. The Morgan fingerprint density at radius 3 is 2.50 bits per heavy atom. The lowest BCUT2D eigenvalue weighted by Crippen LogP contribution is -1.98. The highest BCUT2D eigenvalue weighted by Crippen LogP contribution is 2.24. The maximum Gasteiger partial charge on any atom is 0.146 e. The average molecular weight is 247 g/mol. The van der Waals surface area contributed by atoms with Crippen LogP contribution in [0.1, 0.15) is 18.9 Å². The van der Waals surface area contributed by atoms with E-state index in [0.717, 1.165) is 18.4 Å². The van der Waals surface area contributed by atoms with Crippen molar-refractivity contribution >= 4 is 11.4 Å². The number of rotatable bonds is 4. The fraction of sp³-hybridized carbons (Fsp3) is 0.200. The number of anilines is 2. The van der Waals surface area contributed by atoms with Gasteiger partial charge in [0.2, 0.25) is 0 Å². The van der Waals surface area contributed by atoms with Gasteiger partial charge < -0.3 is 5.32 Å². The Labute approximate surface area is 105 Å². The zero-order valence-electron chi connectivity index (χ0n) is 10.2. The molecule has 0 saturated heterocycles. The van der Waals surface area contributed by atoms with E-state index in [2.05, 4.69) is 12.2 Å². The first-order valence-corrected chi connectivity index (χ1v) is 6.00. The van der Waals surface area contributed by atoms with Crippen molar-refractivity contribution in [1.82, 2.24) is 0 Å². The Balaban J connectivity index is 2.33. The van der Waals surface area contributed by atoms with E-state index < -0.39 is 0 Å². The Morgan fingerprint density at radius 2 is 1.78 bits per heavy atom. The molecule has 0 aliphatic rings. The van der Waals surface area contributed by atoms with Crippen LogP contribution in [0.4, 0.5) is 20.2 Å².